The van der Waals surface area contributed by atoms with Gasteiger partial charge in [-0.3, -0.25) is 9.69 Å². The Balaban J connectivity index is 1.57. The molecule has 1 aromatic carbocycles. The van der Waals surface area contributed by atoms with Crippen molar-refractivity contribution >= 4 is 5.78 Å². The first kappa shape index (κ1) is 17.6. The zero-order chi connectivity index (χ0) is 19.5. The molecule has 1 N–H and O–H groups in total. The lowest BCUT2D eigenvalue weighted by molar-refractivity contribution is -0.0140. The number of benzene rings is 1. The molecule has 2 aliphatic heterocycles. The molecule has 3 heterocycles. The molecule has 1 saturated heterocycles. The number of carbonyl (C=O) groups is 1. The molecule has 1 aliphatic carbocycles. The fourth-order valence-electron chi connectivity index (χ4n) is 4.93. The van der Waals surface area contributed by atoms with E-state index in [9.17, 15) is 9.90 Å². The summed E-state index contributed by atoms with van der Waals surface area (Å²) in [6, 6.07) is 9.49. The van der Waals surface area contributed by atoms with Gasteiger partial charge in [0.1, 0.15) is 12.2 Å². The summed E-state index contributed by atoms with van der Waals surface area (Å²) < 4.78 is 17.6. The molecule has 7 heteroatoms. The number of nitrogens with zero attached hydrogens (tertiary/aromatic N) is 2. The van der Waals surface area contributed by atoms with Gasteiger partial charge in [-0.05, 0) is 36.8 Å². The Morgan fingerprint density at radius 1 is 1.32 bits per heavy atom. The molecule has 0 radical (unpaired) electrons. The minimum absolute atomic E-state index is 0.130. The minimum Gasteiger partial charge on any atom is -0.470 e. The maximum absolute atomic E-state index is 13.6. The normalized spacial score (nSPS) is 30.4. The summed E-state index contributed by atoms with van der Waals surface area (Å²) in [6.07, 6.45) is 2.42. The smallest absolute Gasteiger partial charge is 0.265 e. The van der Waals surface area contributed by atoms with E-state index in [0.717, 1.165) is 5.56 Å². The highest BCUT2D eigenvalue weighted by atomic mass is 16.5. The Kier molecular flexibility index (Phi) is 3.94. The predicted molar refractivity (Wildman–Crippen MR) is 98.9 cm³/mol. The SMILES string of the molecule is CN(C)[C@@H]1c2onc(OCc3ccccc3)c2C(=O)[C@@]23O[C@H](C=C2CO)C[C@@H]13. The zero-order valence-electron chi connectivity index (χ0n) is 15.8. The summed E-state index contributed by atoms with van der Waals surface area (Å²) in [7, 11) is 3.89. The number of ketones is 1. The molecular weight excluding hydrogens is 360 g/mol. The Morgan fingerprint density at radius 3 is 2.82 bits per heavy atom. The van der Waals surface area contributed by atoms with Gasteiger partial charge in [0.2, 0.25) is 5.78 Å². The highest BCUT2D eigenvalue weighted by molar-refractivity contribution is 6.09. The quantitative estimate of drug-likeness (QED) is 0.793. The summed E-state index contributed by atoms with van der Waals surface area (Å²) in [5, 5.41) is 14.0. The van der Waals surface area contributed by atoms with Crippen molar-refractivity contribution in [1.29, 1.82) is 0 Å². The molecule has 1 aromatic heterocycles. The van der Waals surface area contributed by atoms with Crippen LogP contribution in [0, 0.1) is 5.92 Å². The molecule has 0 amide bonds. The average Bonchev–Trinajstić information content (AvgIpc) is 3.38. The fourth-order valence-corrected chi connectivity index (χ4v) is 4.93. The highest BCUT2D eigenvalue weighted by Crippen LogP contribution is 2.59. The Morgan fingerprint density at radius 2 is 2.11 bits per heavy atom. The number of Topliss-reactive ketones (excluding diaryl/α,β-unsaturated/α-hetero) is 1. The van der Waals surface area contributed by atoms with Crippen molar-refractivity contribution in [3.8, 4) is 5.88 Å². The second-order valence-electron chi connectivity index (χ2n) is 7.82. The van der Waals surface area contributed by atoms with Crippen molar-refractivity contribution in [2.75, 3.05) is 20.7 Å². The molecule has 5 rings (SSSR count). The lowest BCUT2D eigenvalue weighted by atomic mass is 9.65. The van der Waals surface area contributed by atoms with Crippen molar-refractivity contribution in [1.82, 2.24) is 10.1 Å². The second kappa shape index (κ2) is 6.27. The van der Waals surface area contributed by atoms with E-state index in [-0.39, 0.29) is 42.9 Å². The van der Waals surface area contributed by atoms with Crippen LogP contribution in [0.5, 0.6) is 5.88 Å². The largest absolute Gasteiger partial charge is 0.470 e. The van der Waals surface area contributed by atoms with Gasteiger partial charge in [-0.2, -0.15) is 0 Å². The molecule has 146 valence electrons. The number of aliphatic hydroxyl groups excluding tert-OH is 1. The topological polar surface area (TPSA) is 85.0 Å². The van der Waals surface area contributed by atoms with Crippen LogP contribution >= 0.6 is 0 Å². The molecule has 28 heavy (non-hydrogen) atoms. The van der Waals surface area contributed by atoms with E-state index in [0.29, 0.717) is 23.3 Å². The molecule has 2 aromatic rings. The van der Waals surface area contributed by atoms with Crippen LogP contribution in [0.2, 0.25) is 0 Å². The van der Waals surface area contributed by atoms with Crippen molar-refractivity contribution in [2.45, 2.75) is 30.8 Å². The first-order valence-corrected chi connectivity index (χ1v) is 9.43. The van der Waals surface area contributed by atoms with Crippen molar-refractivity contribution in [3.63, 3.8) is 0 Å². The van der Waals surface area contributed by atoms with Gasteiger partial charge in [0.05, 0.1) is 18.8 Å². The first-order chi connectivity index (χ1) is 13.6. The third kappa shape index (κ3) is 2.27. The van der Waals surface area contributed by atoms with E-state index in [1.807, 2.05) is 55.4 Å². The van der Waals surface area contributed by atoms with Crippen molar-refractivity contribution in [2.24, 2.45) is 5.92 Å². The number of rotatable bonds is 5. The van der Waals surface area contributed by atoms with E-state index < -0.39 is 5.60 Å². The number of hydrogen-bond donors (Lipinski definition) is 1. The first-order valence-electron chi connectivity index (χ1n) is 9.43. The van der Waals surface area contributed by atoms with Crippen molar-refractivity contribution in [3.05, 3.63) is 58.9 Å². The van der Waals surface area contributed by atoms with Gasteiger partial charge < -0.3 is 19.1 Å². The van der Waals surface area contributed by atoms with Crippen LogP contribution in [0.1, 0.15) is 34.1 Å². The average molecular weight is 382 g/mol. The van der Waals surface area contributed by atoms with Gasteiger partial charge in [0, 0.05) is 5.92 Å². The van der Waals surface area contributed by atoms with Crippen LogP contribution in [-0.4, -0.2) is 53.4 Å². The summed E-state index contributed by atoms with van der Waals surface area (Å²) in [6.45, 7) is 0.0715. The lowest BCUT2D eigenvalue weighted by Gasteiger charge is -2.42. The standard InChI is InChI=1S/C21H22N2O5/c1-23(2)17-15-9-14-8-13(10-24)21(15,27-14)19(25)16-18(17)28-22-20(16)26-11-12-6-4-3-5-7-12/h3-8,14-15,17,24H,9-11H2,1-2H3/t14-,15+,17+,21-/m1/s1. The summed E-state index contributed by atoms with van der Waals surface area (Å²) >= 11 is 0. The van der Waals surface area contributed by atoms with Crippen LogP contribution in [-0.2, 0) is 11.3 Å². The van der Waals surface area contributed by atoms with Crippen molar-refractivity contribution < 1.29 is 23.9 Å². The van der Waals surface area contributed by atoms with Gasteiger partial charge in [-0.15, -0.1) is 0 Å². The van der Waals surface area contributed by atoms with E-state index in [1.165, 1.54) is 0 Å². The third-order valence-electron chi connectivity index (χ3n) is 6.06. The fraction of sp³-hybridized carbons (Fsp3) is 0.429. The third-order valence-corrected chi connectivity index (χ3v) is 6.06. The number of carbonyl (C=O) groups excluding carboxylic acids is 1. The van der Waals surface area contributed by atoms with E-state index in [2.05, 4.69) is 5.16 Å². The van der Waals surface area contributed by atoms with Gasteiger partial charge >= 0.3 is 0 Å². The van der Waals surface area contributed by atoms with E-state index in [1.54, 1.807) is 0 Å². The maximum atomic E-state index is 13.6. The molecule has 1 fully saturated rings. The summed E-state index contributed by atoms with van der Waals surface area (Å²) in [4.78, 5) is 15.6. The van der Waals surface area contributed by atoms with Gasteiger partial charge in [0.15, 0.2) is 11.4 Å². The number of aromatic nitrogens is 1. The lowest BCUT2D eigenvalue weighted by Crippen LogP contribution is -2.53. The Bertz CT molecular complexity index is 951. The molecule has 4 atom stereocenters. The predicted octanol–water partition coefficient (Wildman–Crippen LogP) is 2.13. The minimum atomic E-state index is -1.15. The summed E-state index contributed by atoms with van der Waals surface area (Å²) in [5.41, 5.74) is 0.772. The highest BCUT2D eigenvalue weighted by Gasteiger charge is 2.67. The van der Waals surface area contributed by atoms with Crippen LogP contribution in [0.3, 0.4) is 0 Å². The van der Waals surface area contributed by atoms with Crippen LogP contribution in [0.25, 0.3) is 0 Å². The summed E-state index contributed by atoms with van der Waals surface area (Å²) in [5.74, 6) is 0.340. The molecule has 1 spiro atoms. The van der Waals surface area contributed by atoms with E-state index >= 15 is 0 Å². The molecule has 2 bridgehead atoms. The molecule has 3 aliphatic rings. The van der Waals surface area contributed by atoms with Crippen LogP contribution < -0.4 is 4.74 Å². The maximum Gasteiger partial charge on any atom is 0.265 e. The number of hydrogen-bond acceptors (Lipinski definition) is 7. The molecule has 7 nitrogen and oxygen atoms in total. The number of fused-ring (bicyclic) bond motifs is 2. The molecule has 0 saturated carbocycles. The van der Waals surface area contributed by atoms with Gasteiger partial charge in [-0.25, -0.2) is 0 Å². The number of aliphatic hydroxyl groups is 1. The Labute approximate surface area is 162 Å². The second-order valence-corrected chi connectivity index (χ2v) is 7.82. The number of ether oxygens (including phenoxy) is 2. The molecule has 0 unspecified atom stereocenters. The van der Waals surface area contributed by atoms with Gasteiger partial charge in [0.25, 0.3) is 5.88 Å². The van der Waals surface area contributed by atoms with E-state index in [4.69, 9.17) is 14.0 Å². The Hall–Kier alpha value is -2.48. The monoisotopic (exact) mass is 382 g/mol. The van der Waals surface area contributed by atoms with Crippen LogP contribution in [0.15, 0.2) is 46.5 Å². The van der Waals surface area contributed by atoms with Gasteiger partial charge in [-0.1, -0.05) is 36.4 Å². The molecular formula is C21H22N2O5. The zero-order valence-corrected chi connectivity index (χ0v) is 15.8. The van der Waals surface area contributed by atoms with Crippen LogP contribution in [0.4, 0.5) is 0 Å².